The molecule has 1 aliphatic heterocycles. The van der Waals surface area contributed by atoms with Gasteiger partial charge in [0.2, 0.25) is 0 Å². The van der Waals surface area contributed by atoms with Gasteiger partial charge in [0.1, 0.15) is 5.76 Å². The minimum Gasteiger partial charge on any atom is -0.446 e. The quantitative estimate of drug-likeness (QED) is 0.858. The molecule has 1 saturated heterocycles. The van der Waals surface area contributed by atoms with E-state index in [0.29, 0.717) is 18.6 Å². The van der Waals surface area contributed by atoms with Crippen molar-refractivity contribution >= 4 is 0 Å². The van der Waals surface area contributed by atoms with Gasteiger partial charge >= 0.3 is 0 Å². The van der Waals surface area contributed by atoms with Gasteiger partial charge in [0.15, 0.2) is 5.89 Å². The molecule has 0 saturated carbocycles. The molecule has 1 atom stereocenters. The van der Waals surface area contributed by atoms with Crippen LogP contribution in [0.5, 0.6) is 0 Å². The van der Waals surface area contributed by atoms with Crippen LogP contribution in [-0.4, -0.2) is 35.1 Å². The fourth-order valence-corrected chi connectivity index (χ4v) is 2.96. The van der Waals surface area contributed by atoms with E-state index in [4.69, 9.17) is 10.2 Å². The lowest BCUT2D eigenvalue weighted by Gasteiger charge is -2.38. The summed E-state index contributed by atoms with van der Waals surface area (Å²) in [6.45, 7) is 6.48. The summed E-state index contributed by atoms with van der Waals surface area (Å²) < 4.78 is 5.82. The van der Waals surface area contributed by atoms with Crippen molar-refractivity contribution in [2.24, 2.45) is 5.73 Å². The number of aromatic nitrogens is 1. The first kappa shape index (κ1) is 14.5. The molecule has 1 fully saturated rings. The molecule has 2 heterocycles. The number of nitrogens with two attached hydrogens (primary N) is 1. The zero-order chi connectivity index (χ0) is 13.7. The molecule has 0 aromatic carbocycles. The van der Waals surface area contributed by atoms with Crippen LogP contribution in [0.25, 0.3) is 0 Å². The molecular formula is C15H27N3O. The normalized spacial score (nSPS) is 21.2. The van der Waals surface area contributed by atoms with Gasteiger partial charge in [0.05, 0.1) is 6.20 Å². The predicted octanol–water partition coefficient (Wildman–Crippen LogP) is 2.37. The number of oxazole rings is 1. The Morgan fingerprint density at radius 1 is 1.47 bits per heavy atom. The van der Waals surface area contributed by atoms with Gasteiger partial charge in [-0.1, -0.05) is 6.42 Å². The highest BCUT2D eigenvalue weighted by Crippen LogP contribution is 2.22. The second kappa shape index (κ2) is 7.06. The summed E-state index contributed by atoms with van der Waals surface area (Å²) in [6.07, 6.45) is 8.60. The van der Waals surface area contributed by atoms with Crippen molar-refractivity contribution in [1.29, 1.82) is 0 Å². The fourth-order valence-electron chi connectivity index (χ4n) is 2.96. The topological polar surface area (TPSA) is 55.3 Å². The Balaban J connectivity index is 1.93. The monoisotopic (exact) mass is 265 g/mol. The SMILES string of the molecule is CC(C)N1CCCCC1Cc1ncc(CCCN)o1. The largest absolute Gasteiger partial charge is 0.446 e. The van der Waals surface area contributed by atoms with Gasteiger partial charge in [-0.2, -0.15) is 0 Å². The summed E-state index contributed by atoms with van der Waals surface area (Å²) in [5.41, 5.74) is 5.52. The zero-order valence-electron chi connectivity index (χ0n) is 12.3. The first-order chi connectivity index (χ1) is 9.20. The van der Waals surface area contributed by atoms with Crippen molar-refractivity contribution in [3.8, 4) is 0 Å². The number of aryl methyl sites for hydroxylation is 1. The highest BCUT2D eigenvalue weighted by Gasteiger charge is 2.25. The van der Waals surface area contributed by atoms with E-state index in [1.54, 1.807) is 0 Å². The van der Waals surface area contributed by atoms with Crippen molar-refractivity contribution < 1.29 is 4.42 Å². The van der Waals surface area contributed by atoms with E-state index in [2.05, 4.69) is 23.7 Å². The lowest BCUT2D eigenvalue weighted by Crippen LogP contribution is -2.45. The van der Waals surface area contributed by atoms with Gasteiger partial charge in [0.25, 0.3) is 0 Å². The lowest BCUT2D eigenvalue weighted by atomic mass is 9.98. The molecule has 4 heteroatoms. The van der Waals surface area contributed by atoms with E-state index in [-0.39, 0.29) is 0 Å². The Kier molecular flexibility index (Phi) is 5.40. The van der Waals surface area contributed by atoms with Gasteiger partial charge in [-0.05, 0) is 46.2 Å². The molecule has 108 valence electrons. The maximum atomic E-state index is 5.82. The molecule has 0 bridgehead atoms. The molecular weight excluding hydrogens is 238 g/mol. The Morgan fingerprint density at radius 3 is 3.05 bits per heavy atom. The van der Waals surface area contributed by atoms with Gasteiger partial charge < -0.3 is 10.2 Å². The number of likely N-dealkylation sites (tertiary alicyclic amines) is 1. The Morgan fingerprint density at radius 2 is 2.32 bits per heavy atom. The molecule has 1 aromatic rings. The van der Waals surface area contributed by atoms with Crippen LogP contribution in [0.15, 0.2) is 10.6 Å². The number of hydrogen-bond donors (Lipinski definition) is 1. The zero-order valence-corrected chi connectivity index (χ0v) is 12.3. The molecule has 1 unspecified atom stereocenters. The van der Waals surface area contributed by atoms with Crippen LogP contribution in [0.1, 0.15) is 51.2 Å². The number of rotatable bonds is 6. The maximum absolute atomic E-state index is 5.82. The summed E-state index contributed by atoms with van der Waals surface area (Å²) in [4.78, 5) is 7.01. The summed E-state index contributed by atoms with van der Waals surface area (Å²) in [7, 11) is 0. The minimum atomic E-state index is 0.592. The average Bonchev–Trinajstić information content (AvgIpc) is 2.84. The third kappa shape index (κ3) is 4.05. The van der Waals surface area contributed by atoms with E-state index >= 15 is 0 Å². The molecule has 2 rings (SSSR count). The third-order valence-corrected chi connectivity index (χ3v) is 3.97. The third-order valence-electron chi connectivity index (χ3n) is 3.97. The van der Waals surface area contributed by atoms with Crippen molar-refractivity contribution in [3.63, 3.8) is 0 Å². The van der Waals surface area contributed by atoms with E-state index in [1.165, 1.54) is 25.8 Å². The number of hydrogen-bond acceptors (Lipinski definition) is 4. The van der Waals surface area contributed by atoms with Crippen molar-refractivity contribution in [2.45, 2.75) is 64.5 Å². The van der Waals surface area contributed by atoms with Crippen molar-refractivity contribution in [3.05, 3.63) is 17.8 Å². The second-order valence-corrected chi connectivity index (χ2v) is 5.80. The highest BCUT2D eigenvalue weighted by atomic mass is 16.4. The standard InChI is InChI=1S/C15H27N3O/c1-12(2)18-9-4-3-6-13(18)10-15-17-11-14(19-15)7-5-8-16/h11-13H,3-10,16H2,1-2H3. The Labute approximate surface area is 116 Å². The predicted molar refractivity (Wildman–Crippen MR) is 77.1 cm³/mol. The molecule has 0 aliphatic carbocycles. The first-order valence-electron chi connectivity index (χ1n) is 7.60. The van der Waals surface area contributed by atoms with Crippen molar-refractivity contribution in [2.75, 3.05) is 13.1 Å². The summed E-state index contributed by atoms with van der Waals surface area (Å²) >= 11 is 0. The molecule has 0 radical (unpaired) electrons. The average molecular weight is 265 g/mol. The number of piperidine rings is 1. The molecule has 0 amide bonds. The molecule has 0 spiro atoms. The van der Waals surface area contributed by atoms with E-state index in [0.717, 1.165) is 30.9 Å². The first-order valence-corrected chi connectivity index (χ1v) is 7.60. The summed E-state index contributed by atoms with van der Waals surface area (Å²) in [5.74, 6) is 1.87. The smallest absolute Gasteiger partial charge is 0.195 e. The van der Waals surface area contributed by atoms with Gasteiger partial charge in [-0.25, -0.2) is 4.98 Å². The fraction of sp³-hybridized carbons (Fsp3) is 0.800. The molecule has 4 nitrogen and oxygen atoms in total. The van der Waals surface area contributed by atoms with Crippen LogP contribution in [-0.2, 0) is 12.8 Å². The Bertz CT molecular complexity index is 375. The molecule has 1 aliphatic rings. The maximum Gasteiger partial charge on any atom is 0.195 e. The van der Waals surface area contributed by atoms with Gasteiger partial charge in [-0.3, -0.25) is 4.90 Å². The molecule has 19 heavy (non-hydrogen) atoms. The van der Waals surface area contributed by atoms with Crippen LogP contribution in [0.3, 0.4) is 0 Å². The van der Waals surface area contributed by atoms with Gasteiger partial charge in [0, 0.05) is 24.9 Å². The number of nitrogens with zero attached hydrogens (tertiary/aromatic N) is 2. The lowest BCUT2D eigenvalue weighted by molar-refractivity contribution is 0.106. The van der Waals surface area contributed by atoms with Crippen LogP contribution < -0.4 is 5.73 Å². The van der Waals surface area contributed by atoms with E-state index in [9.17, 15) is 0 Å². The Hall–Kier alpha value is -0.870. The molecule has 2 N–H and O–H groups in total. The second-order valence-electron chi connectivity index (χ2n) is 5.80. The van der Waals surface area contributed by atoms with E-state index < -0.39 is 0 Å². The van der Waals surface area contributed by atoms with E-state index in [1.807, 2.05) is 6.20 Å². The minimum absolute atomic E-state index is 0.592. The summed E-state index contributed by atoms with van der Waals surface area (Å²) in [6, 6.07) is 1.20. The highest BCUT2D eigenvalue weighted by molar-refractivity contribution is 4.97. The summed E-state index contributed by atoms with van der Waals surface area (Å²) in [5, 5.41) is 0. The van der Waals surface area contributed by atoms with Crippen LogP contribution in [0.4, 0.5) is 0 Å². The molecule has 1 aromatic heterocycles. The van der Waals surface area contributed by atoms with Gasteiger partial charge in [-0.15, -0.1) is 0 Å². The van der Waals surface area contributed by atoms with Crippen LogP contribution in [0.2, 0.25) is 0 Å². The van der Waals surface area contributed by atoms with Crippen LogP contribution >= 0.6 is 0 Å². The van der Waals surface area contributed by atoms with Crippen LogP contribution in [0, 0.1) is 0 Å². The van der Waals surface area contributed by atoms with Crippen molar-refractivity contribution in [1.82, 2.24) is 9.88 Å².